The van der Waals surface area contributed by atoms with Crippen molar-refractivity contribution in [2.24, 2.45) is 5.41 Å². The molecule has 0 radical (unpaired) electrons. The maximum absolute atomic E-state index is 6.08. The monoisotopic (exact) mass is 338 g/mol. The van der Waals surface area contributed by atoms with Gasteiger partial charge in [-0.15, -0.1) is 0 Å². The van der Waals surface area contributed by atoms with E-state index in [9.17, 15) is 0 Å². The molecule has 0 saturated carbocycles. The summed E-state index contributed by atoms with van der Waals surface area (Å²) in [5.41, 5.74) is 2.83. The van der Waals surface area contributed by atoms with Crippen LogP contribution in [-0.4, -0.2) is 45.7 Å². The standard InChI is InChI=1S/C20H26N4O/c1-2-4-19-22-10-17(11-23-19)12-24-13-20(14-24)8-18(25-15-20)7-16-5-3-6-21-9-16/h3,5-6,9-11,18H,2,4,7-8,12-15H2,1H3/t18-/m0/s1. The maximum Gasteiger partial charge on any atom is 0.128 e. The van der Waals surface area contributed by atoms with Gasteiger partial charge in [-0.3, -0.25) is 9.88 Å². The Kier molecular flexibility index (Phi) is 4.77. The molecule has 25 heavy (non-hydrogen) atoms. The van der Waals surface area contributed by atoms with Gasteiger partial charge in [0.2, 0.25) is 0 Å². The van der Waals surface area contributed by atoms with Gasteiger partial charge in [-0.05, 0) is 24.5 Å². The van der Waals surface area contributed by atoms with Crippen LogP contribution in [-0.2, 0) is 24.1 Å². The van der Waals surface area contributed by atoms with Crippen LogP contribution in [0, 0.1) is 5.41 Å². The van der Waals surface area contributed by atoms with Crippen LogP contribution >= 0.6 is 0 Å². The van der Waals surface area contributed by atoms with Crippen LogP contribution in [0.5, 0.6) is 0 Å². The van der Waals surface area contributed by atoms with E-state index < -0.39 is 0 Å². The fourth-order valence-electron chi connectivity index (χ4n) is 4.12. The Labute approximate surface area is 149 Å². The van der Waals surface area contributed by atoms with E-state index in [-0.39, 0.29) is 0 Å². The first-order chi connectivity index (χ1) is 12.2. The highest BCUT2D eigenvalue weighted by atomic mass is 16.5. The number of aromatic nitrogens is 3. The van der Waals surface area contributed by atoms with Gasteiger partial charge in [-0.2, -0.15) is 0 Å². The Morgan fingerprint density at radius 2 is 2.04 bits per heavy atom. The number of pyridine rings is 1. The number of likely N-dealkylation sites (tertiary alicyclic amines) is 1. The summed E-state index contributed by atoms with van der Waals surface area (Å²) in [6.45, 7) is 6.23. The first kappa shape index (κ1) is 16.6. The van der Waals surface area contributed by atoms with Crippen molar-refractivity contribution in [2.75, 3.05) is 19.7 Å². The van der Waals surface area contributed by atoms with E-state index in [1.165, 1.54) is 11.1 Å². The summed E-state index contributed by atoms with van der Waals surface area (Å²) in [6.07, 6.45) is 12.3. The lowest BCUT2D eigenvalue weighted by atomic mass is 9.77. The molecule has 2 aliphatic rings. The second kappa shape index (κ2) is 7.18. The van der Waals surface area contributed by atoms with E-state index in [1.807, 2.05) is 30.9 Å². The fraction of sp³-hybridized carbons (Fsp3) is 0.550. The van der Waals surface area contributed by atoms with Crippen LogP contribution in [0.4, 0.5) is 0 Å². The van der Waals surface area contributed by atoms with Gasteiger partial charge in [0, 0.05) is 68.2 Å². The average Bonchev–Trinajstić information content (AvgIpc) is 3.01. The highest BCUT2D eigenvalue weighted by molar-refractivity contribution is 5.12. The van der Waals surface area contributed by atoms with Crippen LogP contribution < -0.4 is 0 Å². The maximum atomic E-state index is 6.08. The second-order valence-electron chi connectivity index (χ2n) is 7.61. The van der Waals surface area contributed by atoms with Gasteiger partial charge in [-0.25, -0.2) is 9.97 Å². The summed E-state index contributed by atoms with van der Waals surface area (Å²) >= 11 is 0. The van der Waals surface area contributed by atoms with E-state index in [4.69, 9.17) is 4.74 Å². The molecule has 0 aliphatic carbocycles. The summed E-state index contributed by atoms with van der Waals surface area (Å²) < 4.78 is 6.08. The Morgan fingerprint density at radius 3 is 2.76 bits per heavy atom. The number of rotatable bonds is 6. The van der Waals surface area contributed by atoms with E-state index in [0.29, 0.717) is 11.5 Å². The summed E-state index contributed by atoms with van der Waals surface area (Å²) in [5.74, 6) is 0.953. The third-order valence-corrected chi connectivity index (χ3v) is 5.23. The zero-order chi connectivity index (χ0) is 17.1. The molecule has 2 saturated heterocycles. The first-order valence-electron chi connectivity index (χ1n) is 9.27. The van der Waals surface area contributed by atoms with E-state index in [1.54, 1.807) is 0 Å². The number of aryl methyl sites for hydroxylation is 1. The Hall–Kier alpha value is -1.85. The molecule has 0 N–H and O–H groups in total. The van der Waals surface area contributed by atoms with Gasteiger partial charge < -0.3 is 4.74 Å². The molecule has 1 atom stereocenters. The third kappa shape index (κ3) is 3.88. The van der Waals surface area contributed by atoms with Crippen molar-refractivity contribution in [3.63, 3.8) is 0 Å². The molecule has 4 heterocycles. The van der Waals surface area contributed by atoms with E-state index in [0.717, 1.165) is 57.7 Å². The zero-order valence-electron chi connectivity index (χ0n) is 14.9. The predicted molar refractivity (Wildman–Crippen MR) is 96.0 cm³/mol. The van der Waals surface area contributed by atoms with Crippen LogP contribution in [0.1, 0.15) is 36.7 Å². The van der Waals surface area contributed by atoms with Gasteiger partial charge >= 0.3 is 0 Å². The number of ether oxygens (including phenoxy) is 1. The number of hydrogen-bond donors (Lipinski definition) is 0. The second-order valence-corrected chi connectivity index (χ2v) is 7.61. The van der Waals surface area contributed by atoms with Gasteiger partial charge in [0.05, 0.1) is 12.7 Å². The largest absolute Gasteiger partial charge is 0.377 e. The summed E-state index contributed by atoms with van der Waals surface area (Å²) in [5, 5.41) is 0. The molecule has 132 valence electrons. The molecule has 4 rings (SSSR count). The quantitative estimate of drug-likeness (QED) is 0.810. The van der Waals surface area contributed by atoms with Gasteiger partial charge in [0.1, 0.15) is 5.82 Å². The molecular formula is C20H26N4O. The molecule has 0 unspecified atom stereocenters. The minimum atomic E-state index is 0.336. The summed E-state index contributed by atoms with van der Waals surface area (Å²) in [7, 11) is 0. The summed E-state index contributed by atoms with van der Waals surface area (Å²) in [4.78, 5) is 15.6. The molecule has 5 heteroatoms. The molecule has 0 amide bonds. The first-order valence-corrected chi connectivity index (χ1v) is 9.27. The number of nitrogens with zero attached hydrogens (tertiary/aromatic N) is 4. The number of hydrogen-bond acceptors (Lipinski definition) is 5. The van der Waals surface area contributed by atoms with Crippen LogP contribution in [0.2, 0.25) is 0 Å². The van der Waals surface area contributed by atoms with Crippen molar-refractivity contribution in [1.29, 1.82) is 0 Å². The molecule has 2 aromatic rings. The lowest BCUT2D eigenvalue weighted by Gasteiger charge is -2.47. The van der Waals surface area contributed by atoms with Gasteiger partial charge in [-0.1, -0.05) is 13.0 Å². The third-order valence-electron chi connectivity index (χ3n) is 5.23. The zero-order valence-corrected chi connectivity index (χ0v) is 14.9. The molecule has 2 aromatic heterocycles. The minimum absolute atomic E-state index is 0.336. The van der Waals surface area contributed by atoms with Crippen LogP contribution in [0.3, 0.4) is 0 Å². The van der Waals surface area contributed by atoms with Crippen molar-refractivity contribution in [1.82, 2.24) is 19.9 Å². The van der Waals surface area contributed by atoms with Crippen molar-refractivity contribution >= 4 is 0 Å². The fourth-order valence-corrected chi connectivity index (χ4v) is 4.12. The van der Waals surface area contributed by atoms with E-state index >= 15 is 0 Å². The topological polar surface area (TPSA) is 51.1 Å². The van der Waals surface area contributed by atoms with Crippen molar-refractivity contribution in [2.45, 2.75) is 45.3 Å². The molecule has 2 aliphatic heterocycles. The Balaban J connectivity index is 1.26. The normalized spacial score (nSPS) is 22.2. The lowest BCUT2D eigenvalue weighted by Crippen LogP contribution is -2.56. The van der Waals surface area contributed by atoms with Gasteiger partial charge in [0.25, 0.3) is 0 Å². The van der Waals surface area contributed by atoms with Gasteiger partial charge in [0.15, 0.2) is 0 Å². The van der Waals surface area contributed by atoms with Crippen molar-refractivity contribution < 1.29 is 4.74 Å². The molecule has 5 nitrogen and oxygen atoms in total. The smallest absolute Gasteiger partial charge is 0.128 e. The molecule has 1 spiro atoms. The Bertz CT molecular complexity index is 683. The molecule has 0 bridgehead atoms. The highest BCUT2D eigenvalue weighted by Gasteiger charge is 2.48. The predicted octanol–water partition coefficient (Wildman–Crippen LogP) is 2.66. The Morgan fingerprint density at radius 1 is 1.20 bits per heavy atom. The van der Waals surface area contributed by atoms with E-state index in [2.05, 4.69) is 32.8 Å². The lowest BCUT2D eigenvalue weighted by molar-refractivity contribution is -0.0141. The average molecular weight is 338 g/mol. The molecule has 0 aromatic carbocycles. The minimum Gasteiger partial charge on any atom is -0.377 e. The van der Waals surface area contributed by atoms with Crippen LogP contribution in [0.15, 0.2) is 36.9 Å². The molecular weight excluding hydrogens is 312 g/mol. The molecule has 2 fully saturated rings. The SMILES string of the molecule is CCCc1ncc(CN2CC3(CO[C@@H](Cc4cccnc4)C3)C2)cn1. The summed E-state index contributed by atoms with van der Waals surface area (Å²) in [6, 6.07) is 4.13. The van der Waals surface area contributed by atoms with Crippen LogP contribution in [0.25, 0.3) is 0 Å². The van der Waals surface area contributed by atoms with Crippen molar-refractivity contribution in [3.05, 3.63) is 53.9 Å². The highest BCUT2D eigenvalue weighted by Crippen LogP contribution is 2.42. The van der Waals surface area contributed by atoms with Crippen molar-refractivity contribution in [3.8, 4) is 0 Å².